The number of pyridine rings is 1. The molecule has 0 amide bonds. The second-order valence-corrected chi connectivity index (χ2v) is 24.6. The minimum atomic E-state index is -0.210. The van der Waals surface area contributed by atoms with Crippen LogP contribution in [0.25, 0.3) is 10.9 Å². The van der Waals surface area contributed by atoms with Crippen LogP contribution in [-0.4, -0.2) is 51.2 Å². The number of fused-ring (bicyclic) bond motifs is 4. The number of halogens is 3. The van der Waals surface area contributed by atoms with Crippen molar-refractivity contribution in [2.24, 2.45) is 0 Å². The number of hydrogen-bond acceptors (Lipinski definition) is 8. The molecule has 6 heterocycles. The number of aryl methyl sites for hydroxylation is 3. The molecule has 0 unspecified atom stereocenters. The van der Waals surface area contributed by atoms with Gasteiger partial charge in [0.1, 0.15) is 37.1 Å². The van der Waals surface area contributed by atoms with Crippen molar-refractivity contribution >= 4 is 39.8 Å². The number of hydrogen-bond donors (Lipinski definition) is 1. The standard InChI is InChI=1S/C14H15NO.C12H16O.C11H14ClNO.C11H13FO.C9H11Cl.C9H10O2.C9H12/c1-9(2)11-3-4-12-13-10(6-8-16-12)5-7-15-14(11)13;1-9(2)10-5-6-12-11(8-10)4-3-7-13-12;1-7(2)8-3-4-9-11(10(8)12)13-5-6-14-9;1-7-6-10(12)11-9(8(7)2)4-3-5-13-11;1-7(2)8-3-5-9(10)6-4-8;1-7-2-3-8-9(6-7)11-5-4-10-8;1-8(2)9-6-4-3-5-7-9/h3-5,7,9H,6,8H2,1-2H3;5-6,8-9H,3-4,7H2,1-2H3;3-4,7,13H,5-6H2,1-2H3;6H,3-5H2,1-2H3;3-7H,1-2H3;2-3,6H,4-5H2,1H3;3-8H,1-2H3. The third kappa shape index (κ3) is 18.5. The molecule has 5 aliphatic rings. The summed E-state index contributed by atoms with van der Waals surface area (Å²) >= 11 is 12.0. The largest absolute Gasteiger partial charge is 0.493 e. The average molecular weight is 1210 g/mol. The van der Waals surface area contributed by atoms with Crippen LogP contribution in [0.1, 0.15) is 173 Å². The fraction of sp³-hybridized carbons (Fsp3) is 0.400. The first-order valence-electron chi connectivity index (χ1n) is 30.9. The highest BCUT2D eigenvalue weighted by molar-refractivity contribution is 6.34. The molecule has 11 heteroatoms. The molecule has 8 nitrogen and oxygen atoms in total. The van der Waals surface area contributed by atoms with Crippen LogP contribution in [0.3, 0.4) is 0 Å². The molecule has 0 spiro atoms. The molecular weight excluding hydrogens is 1110 g/mol. The van der Waals surface area contributed by atoms with Gasteiger partial charge in [0.2, 0.25) is 0 Å². The minimum Gasteiger partial charge on any atom is -0.493 e. The highest BCUT2D eigenvalue weighted by atomic mass is 35.5. The summed E-state index contributed by atoms with van der Waals surface area (Å²) in [4.78, 5) is 4.53. The van der Waals surface area contributed by atoms with Crippen LogP contribution >= 0.6 is 23.2 Å². The Hall–Kier alpha value is -6.94. The Bertz CT molecular complexity index is 3430. The molecule has 1 aromatic heterocycles. The summed E-state index contributed by atoms with van der Waals surface area (Å²) in [5.74, 6) is 7.77. The molecule has 0 saturated heterocycles. The Morgan fingerprint density at radius 2 is 1.06 bits per heavy atom. The molecule has 0 radical (unpaired) electrons. The normalized spacial score (nSPS) is 13.7. The summed E-state index contributed by atoms with van der Waals surface area (Å²) in [6.07, 6.45) is 7.19. The lowest BCUT2D eigenvalue weighted by molar-refractivity contribution is 0.171. The van der Waals surface area contributed by atoms with E-state index in [1.165, 1.54) is 61.9 Å². The van der Waals surface area contributed by atoms with E-state index in [1.807, 2.05) is 75.5 Å². The van der Waals surface area contributed by atoms with Crippen molar-refractivity contribution in [1.29, 1.82) is 0 Å². The maximum Gasteiger partial charge on any atom is 0.165 e. The molecule has 7 aromatic carbocycles. The van der Waals surface area contributed by atoms with Crippen molar-refractivity contribution in [2.45, 2.75) is 152 Å². The first-order chi connectivity index (χ1) is 41.3. The summed E-state index contributed by atoms with van der Waals surface area (Å²) < 4.78 is 46.2. The predicted octanol–water partition coefficient (Wildman–Crippen LogP) is 20.5. The van der Waals surface area contributed by atoms with Crippen molar-refractivity contribution in [3.05, 3.63) is 211 Å². The van der Waals surface area contributed by atoms with E-state index >= 15 is 0 Å². The third-order valence-electron chi connectivity index (χ3n) is 15.6. The Labute approximate surface area is 523 Å². The lowest BCUT2D eigenvalue weighted by Crippen LogP contribution is -2.18. The number of anilines is 1. The Balaban J connectivity index is 0.000000145. The highest BCUT2D eigenvalue weighted by Crippen LogP contribution is 2.40. The van der Waals surface area contributed by atoms with Gasteiger partial charge < -0.3 is 33.7 Å². The van der Waals surface area contributed by atoms with E-state index in [2.05, 4.69) is 152 Å². The number of nitrogens with one attached hydrogen (secondary N) is 1. The molecule has 0 fully saturated rings. The predicted molar refractivity (Wildman–Crippen MR) is 357 cm³/mol. The molecule has 5 aliphatic heterocycles. The van der Waals surface area contributed by atoms with Gasteiger partial charge >= 0.3 is 0 Å². The Morgan fingerprint density at radius 3 is 1.74 bits per heavy atom. The van der Waals surface area contributed by atoms with Crippen molar-refractivity contribution in [2.75, 3.05) is 51.5 Å². The maximum atomic E-state index is 13.4. The van der Waals surface area contributed by atoms with Gasteiger partial charge in [-0.1, -0.05) is 165 Å². The van der Waals surface area contributed by atoms with Gasteiger partial charge in [-0.3, -0.25) is 4.98 Å². The molecule has 1 N–H and O–H groups in total. The van der Waals surface area contributed by atoms with Crippen LogP contribution in [0, 0.1) is 26.6 Å². The maximum absolute atomic E-state index is 13.4. The van der Waals surface area contributed by atoms with E-state index in [-0.39, 0.29) is 5.82 Å². The van der Waals surface area contributed by atoms with Gasteiger partial charge in [-0.25, -0.2) is 4.39 Å². The molecule has 0 bridgehead atoms. The zero-order valence-electron chi connectivity index (χ0n) is 53.1. The summed E-state index contributed by atoms with van der Waals surface area (Å²) in [6, 6.07) is 43.0. The average Bonchev–Trinajstić information content (AvgIpc) is 1.44. The van der Waals surface area contributed by atoms with Crippen molar-refractivity contribution in [3.63, 3.8) is 0 Å². The van der Waals surface area contributed by atoms with Gasteiger partial charge in [-0.05, 0) is 186 Å². The number of aromatic nitrogens is 1. The molecule has 13 rings (SSSR count). The topological polar surface area (TPSA) is 80.3 Å². The van der Waals surface area contributed by atoms with Crippen LogP contribution < -0.4 is 33.7 Å². The number of rotatable bonds is 5. The van der Waals surface area contributed by atoms with Crippen molar-refractivity contribution in [3.8, 4) is 34.5 Å². The molecule has 458 valence electrons. The second-order valence-electron chi connectivity index (χ2n) is 23.8. The van der Waals surface area contributed by atoms with E-state index < -0.39 is 0 Å². The first-order valence-corrected chi connectivity index (χ1v) is 31.6. The minimum absolute atomic E-state index is 0.210. The van der Waals surface area contributed by atoms with Crippen LogP contribution in [0.5, 0.6) is 34.5 Å². The Kier molecular flexibility index (Phi) is 25.3. The highest BCUT2D eigenvalue weighted by Gasteiger charge is 2.21. The molecule has 0 aliphatic carbocycles. The fourth-order valence-corrected chi connectivity index (χ4v) is 11.0. The van der Waals surface area contributed by atoms with Gasteiger partial charge in [0.25, 0.3) is 0 Å². The summed E-state index contributed by atoms with van der Waals surface area (Å²) in [7, 11) is 0. The van der Waals surface area contributed by atoms with Crippen molar-refractivity contribution < 1.29 is 32.8 Å². The van der Waals surface area contributed by atoms with E-state index in [1.54, 1.807) is 6.07 Å². The SMILES string of the molecule is CC(C)c1ccc(Cl)cc1.CC(C)c1ccc2c(c1)CCCO2.CC(C)c1ccc2c(c1Cl)NCCO2.CC(C)c1ccc2c3c(ccnc13)CCO2.CC(C)c1ccccc1.Cc1cc(F)c2c(c1C)CCCO2.Cc1ccc2c(c1)OCCO2. The van der Waals surface area contributed by atoms with E-state index in [0.717, 1.165) is 107 Å². The van der Waals surface area contributed by atoms with Gasteiger partial charge in [-0.2, -0.15) is 0 Å². The van der Waals surface area contributed by atoms with Crippen molar-refractivity contribution in [1.82, 2.24) is 4.98 Å². The first kappa shape index (κ1) is 66.6. The zero-order valence-corrected chi connectivity index (χ0v) is 54.6. The molecule has 8 aromatic rings. The zero-order chi connectivity index (χ0) is 61.9. The van der Waals surface area contributed by atoms with Gasteiger partial charge in [-0.15, -0.1) is 0 Å². The molecule has 0 saturated carbocycles. The van der Waals surface area contributed by atoms with Crippen LogP contribution in [0.2, 0.25) is 10.0 Å². The van der Waals surface area contributed by atoms with Gasteiger partial charge in [0.15, 0.2) is 23.1 Å². The fourth-order valence-electron chi connectivity index (χ4n) is 10.4. The Morgan fingerprint density at radius 1 is 0.477 bits per heavy atom. The van der Waals surface area contributed by atoms with Crippen LogP contribution in [-0.2, 0) is 19.3 Å². The molecular formula is C75H91Cl2FN2O6. The monoisotopic (exact) mass is 1200 g/mol. The van der Waals surface area contributed by atoms with Gasteiger partial charge in [0.05, 0.1) is 36.0 Å². The summed E-state index contributed by atoms with van der Waals surface area (Å²) in [6.45, 7) is 33.1. The van der Waals surface area contributed by atoms with Crippen LogP contribution in [0.15, 0.2) is 134 Å². The number of benzene rings is 7. The van der Waals surface area contributed by atoms with E-state index in [0.29, 0.717) is 61.8 Å². The van der Waals surface area contributed by atoms with E-state index in [4.69, 9.17) is 51.6 Å². The lowest BCUT2D eigenvalue weighted by atomic mass is 9.95. The second kappa shape index (κ2) is 32.7. The van der Waals surface area contributed by atoms with Crippen LogP contribution in [0.4, 0.5) is 10.1 Å². The third-order valence-corrected chi connectivity index (χ3v) is 16.3. The molecule has 0 atom stereocenters. The lowest BCUT2D eigenvalue weighted by Gasteiger charge is -2.22. The van der Waals surface area contributed by atoms with E-state index in [9.17, 15) is 4.39 Å². The quantitative estimate of drug-likeness (QED) is 0.183. The summed E-state index contributed by atoms with van der Waals surface area (Å²) in [5, 5.41) is 6.10. The number of ether oxygens (including phenoxy) is 6. The van der Waals surface area contributed by atoms with Gasteiger partial charge in [0, 0.05) is 35.1 Å². The molecule has 86 heavy (non-hydrogen) atoms. The number of nitrogens with zero attached hydrogens (tertiary/aromatic N) is 1. The smallest absolute Gasteiger partial charge is 0.165 e. The summed E-state index contributed by atoms with van der Waals surface area (Å²) in [5.41, 5.74) is 15.9.